The number of nitrogens with zero attached hydrogens (tertiary/aromatic N) is 2. The molecule has 3 rings (SSSR count). The lowest BCUT2D eigenvalue weighted by atomic mass is 10.0. The first kappa shape index (κ1) is 9.66. The molecule has 0 amide bonds. The van der Waals surface area contributed by atoms with Gasteiger partial charge >= 0.3 is 0 Å². The summed E-state index contributed by atoms with van der Waals surface area (Å²) in [5.74, 6) is 0.738. The highest BCUT2D eigenvalue weighted by molar-refractivity contribution is 5.48. The third-order valence-electron chi connectivity index (χ3n) is 3.18. The Hall–Kier alpha value is -1.55. The molecular formula is C12H16N4. The van der Waals surface area contributed by atoms with Gasteiger partial charge in [0.15, 0.2) is 0 Å². The number of pyridine rings is 1. The van der Waals surface area contributed by atoms with Crippen molar-refractivity contribution in [3.05, 3.63) is 30.2 Å². The second-order valence-electron chi connectivity index (χ2n) is 4.52. The number of imidazole rings is 1. The number of rotatable bonds is 2. The summed E-state index contributed by atoms with van der Waals surface area (Å²) in [5, 5.41) is 3.38. The van der Waals surface area contributed by atoms with Gasteiger partial charge in [-0.05, 0) is 44.0 Å². The molecule has 0 radical (unpaired) electrons. The molecule has 0 bridgehead atoms. The van der Waals surface area contributed by atoms with Gasteiger partial charge in [-0.1, -0.05) is 0 Å². The lowest BCUT2D eigenvalue weighted by Crippen LogP contribution is -2.10. The lowest BCUT2D eigenvalue weighted by Gasteiger charge is -2.03. The molecule has 1 saturated heterocycles. The Balaban J connectivity index is 1.86. The van der Waals surface area contributed by atoms with Crippen molar-refractivity contribution in [1.29, 1.82) is 0 Å². The van der Waals surface area contributed by atoms with E-state index in [9.17, 15) is 0 Å². The normalized spacial score (nSPS) is 20.6. The van der Waals surface area contributed by atoms with Gasteiger partial charge in [-0.2, -0.15) is 0 Å². The van der Waals surface area contributed by atoms with Crippen LogP contribution in [0.5, 0.6) is 0 Å². The summed E-state index contributed by atoms with van der Waals surface area (Å²) in [5.41, 5.74) is 8.66. The minimum atomic E-state index is 0.738. The molecule has 0 saturated carbocycles. The standard InChI is InChI=1S/C12H16N4/c13-10-1-2-12-15-11(8-16(12)7-10)5-9-3-4-14-6-9/h1-2,7-9,14H,3-6,13H2. The van der Waals surface area contributed by atoms with E-state index >= 15 is 0 Å². The lowest BCUT2D eigenvalue weighted by molar-refractivity contribution is 0.573. The fraction of sp³-hybridized carbons (Fsp3) is 0.417. The third-order valence-corrected chi connectivity index (χ3v) is 3.18. The Bertz CT molecular complexity index is 497. The highest BCUT2D eigenvalue weighted by Gasteiger charge is 2.16. The van der Waals surface area contributed by atoms with Crippen LogP contribution in [-0.4, -0.2) is 22.5 Å². The molecule has 0 spiro atoms. The minimum Gasteiger partial charge on any atom is -0.398 e. The molecule has 2 aromatic rings. The van der Waals surface area contributed by atoms with Gasteiger partial charge in [0.05, 0.1) is 5.69 Å². The Morgan fingerprint density at radius 2 is 2.38 bits per heavy atom. The van der Waals surface area contributed by atoms with E-state index in [4.69, 9.17) is 5.73 Å². The van der Waals surface area contributed by atoms with Crippen LogP contribution in [0.3, 0.4) is 0 Å². The maximum Gasteiger partial charge on any atom is 0.137 e. The van der Waals surface area contributed by atoms with Crippen LogP contribution in [0.15, 0.2) is 24.5 Å². The molecule has 1 fully saturated rings. The van der Waals surface area contributed by atoms with Gasteiger partial charge in [-0.25, -0.2) is 4.98 Å². The molecule has 84 valence electrons. The van der Waals surface area contributed by atoms with Gasteiger partial charge in [-0.15, -0.1) is 0 Å². The first-order chi connectivity index (χ1) is 7.81. The number of anilines is 1. The molecule has 2 aromatic heterocycles. The number of hydrogen-bond acceptors (Lipinski definition) is 3. The fourth-order valence-electron chi connectivity index (χ4n) is 2.34. The molecule has 1 atom stereocenters. The van der Waals surface area contributed by atoms with E-state index in [2.05, 4.69) is 16.5 Å². The summed E-state index contributed by atoms with van der Waals surface area (Å²) < 4.78 is 2.01. The van der Waals surface area contributed by atoms with Gasteiger partial charge in [0, 0.05) is 18.1 Å². The molecule has 4 nitrogen and oxygen atoms in total. The average Bonchev–Trinajstić information content (AvgIpc) is 2.86. The highest BCUT2D eigenvalue weighted by Crippen LogP contribution is 2.16. The van der Waals surface area contributed by atoms with E-state index < -0.39 is 0 Å². The molecule has 1 aliphatic rings. The summed E-state index contributed by atoms with van der Waals surface area (Å²) >= 11 is 0. The average molecular weight is 216 g/mol. The Labute approximate surface area is 94.5 Å². The number of aromatic nitrogens is 2. The zero-order valence-electron chi connectivity index (χ0n) is 9.19. The molecule has 3 N–H and O–H groups in total. The molecule has 0 aliphatic carbocycles. The smallest absolute Gasteiger partial charge is 0.137 e. The number of nitrogens with two attached hydrogens (primary N) is 1. The fourth-order valence-corrected chi connectivity index (χ4v) is 2.34. The van der Waals surface area contributed by atoms with Crippen LogP contribution in [0.1, 0.15) is 12.1 Å². The van der Waals surface area contributed by atoms with Gasteiger partial charge < -0.3 is 15.5 Å². The van der Waals surface area contributed by atoms with E-state index in [1.807, 2.05) is 22.7 Å². The SMILES string of the molecule is Nc1ccc2nc(CC3CCNC3)cn2c1. The quantitative estimate of drug-likeness (QED) is 0.789. The van der Waals surface area contributed by atoms with E-state index in [1.54, 1.807) is 0 Å². The Morgan fingerprint density at radius 3 is 3.19 bits per heavy atom. The number of fused-ring (bicyclic) bond motifs is 1. The van der Waals surface area contributed by atoms with E-state index in [0.29, 0.717) is 0 Å². The predicted octanol–water partition coefficient (Wildman–Crippen LogP) is 1.07. The molecule has 4 heteroatoms. The van der Waals surface area contributed by atoms with Crippen molar-refractivity contribution in [3.63, 3.8) is 0 Å². The van der Waals surface area contributed by atoms with Gasteiger partial charge in [0.25, 0.3) is 0 Å². The second kappa shape index (κ2) is 3.79. The van der Waals surface area contributed by atoms with Crippen molar-refractivity contribution in [2.24, 2.45) is 5.92 Å². The molecule has 16 heavy (non-hydrogen) atoms. The summed E-state index contributed by atoms with van der Waals surface area (Å²) in [4.78, 5) is 4.60. The predicted molar refractivity (Wildman–Crippen MR) is 64.3 cm³/mol. The number of nitrogen functional groups attached to an aromatic ring is 1. The second-order valence-corrected chi connectivity index (χ2v) is 4.52. The molecule has 3 heterocycles. The van der Waals surface area contributed by atoms with E-state index in [1.165, 1.54) is 12.1 Å². The van der Waals surface area contributed by atoms with E-state index in [-0.39, 0.29) is 0 Å². The zero-order valence-corrected chi connectivity index (χ0v) is 9.19. The number of nitrogens with one attached hydrogen (secondary N) is 1. The van der Waals surface area contributed by atoms with Crippen molar-refractivity contribution in [2.45, 2.75) is 12.8 Å². The van der Waals surface area contributed by atoms with Gasteiger partial charge in [0.1, 0.15) is 5.65 Å². The van der Waals surface area contributed by atoms with Crippen molar-refractivity contribution >= 4 is 11.3 Å². The largest absolute Gasteiger partial charge is 0.398 e. The summed E-state index contributed by atoms with van der Waals surface area (Å²) in [6.45, 7) is 2.26. The Morgan fingerprint density at radius 1 is 1.44 bits per heavy atom. The number of hydrogen-bond donors (Lipinski definition) is 2. The third kappa shape index (κ3) is 1.76. The molecule has 1 unspecified atom stereocenters. The van der Waals surface area contributed by atoms with Crippen molar-refractivity contribution in [1.82, 2.24) is 14.7 Å². The molecule has 1 aliphatic heterocycles. The van der Waals surface area contributed by atoms with Crippen LogP contribution in [0.25, 0.3) is 5.65 Å². The summed E-state index contributed by atoms with van der Waals surface area (Å²) in [6.07, 6.45) is 6.33. The first-order valence-corrected chi connectivity index (χ1v) is 5.75. The van der Waals surface area contributed by atoms with Gasteiger partial charge in [-0.3, -0.25) is 0 Å². The van der Waals surface area contributed by atoms with Crippen LogP contribution in [0.2, 0.25) is 0 Å². The van der Waals surface area contributed by atoms with Crippen molar-refractivity contribution in [2.75, 3.05) is 18.8 Å². The van der Waals surface area contributed by atoms with Crippen molar-refractivity contribution < 1.29 is 0 Å². The Kier molecular flexibility index (Phi) is 2.29. The van der Waals surface area contributed by atoms with E-state index in [0.717, 1.165) is 36.8 Å². The summed E-state index contributed by atoms with van der Waals surface area (Å²) in [7, 11) is 0. The van der Waals surface area contributed by atoms with Crippen LogP contribution in [0.4, 0.5) is 5.69 Å². The zero-order chi connectivity index (χ0) is 11.0. The van der Waals surface area contributed by atoms with Crippen LogP contribution >= 0.6 is 0 Å². The van der Waals surface area contributed by atoms with Gasteiger partial charge in [0.2, 0.25) is 0 Å². The first-order valence-electron chi connectivity index (χ1n) is 5.75. The molecule has 0 aromatic carbocycles. The summed E-state index contributed by atoms with van der Waals surface area (Å²) in [6, 6.07) is 3.86. The minimum absolute atomic E-state index is 0.738. The monoisotopic (exact) mass is 216 g/mol. The van der Waals surface area contributed by atoms with Crippen LogP contribution in [0, 0.1) is 5.92 Å². The maximum absolute atomic E-state index is 5.74. The highest BCUT2D eigenvalue weighted by atomic mass is 15.0. The maximum atomic E-state index is 5.74. The topological polar surface area (TPSA) is 55.3 Å². The van der Waals surface area contributed by atoms with Crippen LogP contribution < -0.4 is 11.1 Å². The van der Waals surface area contributed by atoms with Crippen molar-refractivity contribution in [3.8, 4) is 0 Å². The molecular weight excluding hydrogens is 200 g/mol. The van der Waals surface area contributed by atoms with Crippen LogP contribution in [-0.2, 0) is 6.42 Å².